The van der Waals surface area contributed by atoms with Gasteiger partial charge in [0.15, 0.2) is 5.76 Å². The Kier molecular flexibility index (Phi) is 4.76. The molecule has 0 unspecified atom stereocenters. The average molecular weight is 323 g/mol. The van der Waals surface area contributed by atoms with E-state index in [0.29, 0.717) is 12.4 Å². The van der Waals surface area contributed by atoms with Gasteiger partial charge in [0.05, 0.1) is 24.8 Å². The van der Waals surface area contributed by atoms with E-state index in [-0.39, 0.29) is 11.7 Å². The molecule has 3 rings (SSSR count). The van der Waals surface area contributed by atoms with E-state index in [0.717, 1.165) is 17.1 Å². The van der Waals surface area contributed by atoms with E-state index in [4.69, 9.17) is 9.15 Å². The number of aromatic nitrogens is 1. The van der Waals surface area contributed by atoms with Crippen molar-refractivity contribution in [2.24, 2.45) is 0 Å². The van der Waals surface area contributed by atoms with Gasteiger partial charge >= 0.3 is 0 Å². The van der Waals surface area contributed by atoms with Gasteiger partial charge in [-0.1, -0.05) is 0 Å². The first kappa shape index (κ1) is 15.6. The number of nitrogens with one attached hydrogen (secondary N) is 2. The van der Waals surface area contributed by atoms with Gasteiger partial charge < -0.3 is 19.8 Å². The van der Waals surface area contributed by atoms with E-state index in [1.54, 1.807) is 24.4 Å². The highest BCUT2D eigenvalue weighted by Gasteiger charge is 2.09. The molecule has 6 nitrogen and oxygen atoms in total. The number of amides is 1. The third kappa shape index (κ3) is 3.92. The maximum atomic E-state index is 11.9. The third-order valence-electron chi connectivity index (χ3n) is 3.20. The van der Waals surface area contributed by atoms with Gasteiger partial charge in [0.2, 0.25) is 0 Å². The van der Waals surface area contributed by atoms with E-state index >= 15 is 0 Å². The summed E-state index contributed by atoms with van der Waals surface area (Å²) in [6.45, 7) is 2.59. The molecule has 1 amide bonds. The minimum absolute atomic E-state index is 0.244. The van der Waals surface area contributed by atoms with Crippen molar-refractivity contribution in [1.29, 1.82) is 0 Å². The number of carbonyl (C=O) groups is 1. The van der Waals surface area contributed by atoms with Crippen molar-refractivity contribution in [2.75, 3.05) is 17.2 Å². The van der Waals surface area contributed by atoms with Crippen LogP contribution in [0.25, 0.3) is 0 Å². The maximum Gasteiger partial charge on any atom is 0.292 e. The zero-order valence-electron chi connectivity index (χ0n) is 13.2. The molecule has 1 aromatic carbocycles. The summed E-state index contributed by atoms with van der Waals surface area (Å²) in [4.78, 5) is 16.1. The molecule has 3 aromatic rings. The lowest BCUT2D eigenvalue weighted by Gasteiger charge is -2.08. The first-order chi connectivity index (χ1) is 11.7. The van der Waals surface area contributed by atoms with Crippen molar-refractivity contribution in [1.82, 2.24) is 4.98 Å². The van der Waals surface area contributed by atoms with E-state index in [1.807, 2.05) is 37.3 Å². The highest BCUT2D eigenvalue weighted by Crippen LogP contribution is 2.20. The van der Waals surface area contributed by atoms with Gasteiger partial charge in [0.25, 0.3) is 5.91 Å². The fourth-order valence-corrected chi connectivity index (χ4v) is 2.10. The highest BCUT2D eigenvalue weighted by molar-refractivity contribution is 6.01. The SMILES string of the molecule is CCOc1ccc(Nc2ccc(NC(=O)c3ccco3)nc2)cc1. The van der Waals surface area contributed by atoms with E-state index in [1.165, 1.54) is 6.26 Å². The second-order valence-electron chi connectivity index (χ2n) is 4.95. The Morgan fingerprint density at radius 1 is 1.12 bits per heavy atom. The highest BCUT2D eigenvalue weighted by atomic mass is 16.5. The molecule has 0 atom stereocenters. The number of furan rings is 1. The summed E-state index contributed by atoms with van der Waals surface area (Å²) in [6.07, 6.45) is 3.10. The molecule has 0 bridgehead atoms. The van der Waals surface area contributed by atoms with Gasteiger partial charge in [-0.2, -0.15) is 0 Å². The number of ether oxygens (including phenoxy) is 1. The van der Waals surface area contributed by atoms with Gasteiger partial charge in [-0.25, -0.2) is 4.98 Å². The summed E-state index contributed by atoms with van der Waals surface area (Å²) < 4.78 is 10.4. The first-order valence-corrected chi connectivity index (χ1v) is 7.55. The second kappa shape index (κ2) is 7.32. The molecule has 0 fully saturated rings. The molecule has 2 N–H and O–H groups in total. The van der Waals surface area contributed by atoms with E-state index in [9.17, 15) is 4.79 Å². The summed E-state index contributed by atoms with van der Waals surface area (Å²) in [5.74, 6) is 1.19. The molecule has 0 radical (unpaired) electrons. The Morgan fingerprint density at radius 2 is 1.92 bits per heavy atom. The number of nitrogens with zero attached hydrogens (tertiary/aromatic N) is 1. The zero-order chi connectivity index (χ0) is 16.8. The molecule has 0 spiro atoms. The van der Waals surface area contributed by atoms with Crippen molar-refractivity contribution in [2.45, 2.75) is 6.92 Å². The Bertz CT molecular complexity index is 781. The Hall–Kier alpha value is -3.28. The molecule has 6 heteroatoms. The third-order valence-corrected chi connectivity index (χ3v) is 3.20. The van der Waals surface area contributed by atoms with Crippen molar-refractivity contribution in [3.8, 4) is 5.75 Å². The van der Waals surface area contributed by atoms with Crippen molar-refractivity contribution in [3.63, 3.8) is 0 Å². The lowest BCUT2D eigenvalue weighted by molar-refractivity contribution is 0.0996. The number of anilines is 3. The standard InChI is InChI=1S/C18H17N3O3/c1-2-23-15-8-5-13(6-9-15)20-14-7-10-17(19-12-14)21-18(22)16-4-3-11-24-16/h3-12,20H,2H2,1H3,(H,19,21,22). The monoisotopic (exact) mass is 323 g/mol. The van der Waals surface area contributed by atoms with Crippen molar-refractivity contribution >= 4 is 23.1 Å². The van der Waals surface area contributed by atoms with Crippen LogP contribution < -0.4 is 15.4 Å². The lowest BCUT2D eigenvalue weighted by atomic mass is 10.3. The van der Waals surface area contributed by atoms with Crippen LogP contribution in [0.1, 0.15) is 17.5 Å². The number of pyridine rings is 1. The van der Waals surface area contributed by atoms with E-state index in [2.05, 4.69) is 15.6 Å². The number of hydrogen-bond acceptors (Lipinski definition) is 5. The quantitative estimate of drug-likeness (QED) is 0.715. The molecular weight excluding hydrogens is 306 g/mol. The first-order valence-electron chi connectivity index (χ1n) is 7.55. The van der Waals surface area contributed by atoms with Gasteiger partial charge in [-0.05, 0) is 55.5 Å². The van der Waals surface area contributed by atoms with Gasteiger partial charge in [-0.3, -0.25) is 4.79 Å². The van der Waals surface area contributed by atoms with Crippen LogP contribution in [-0.4, -0.2) is 17.5 Å². The van der Waals surface area contributed by atoms with Crippen LogP contribution in [0.2, 0.25) is 0 Å². The van der Waals surface area contributed by atoms with Gasteiger partial charge in [0.1, 0.15) is 11.6 Å². The van der Waals surface area contributed by atoms with Crippen LogP contribution in [0.5, 0.6) is 5.75 Å². The molecule has 24 heavy (non-hydrogen) atoms. The van der Waals surface area contributed by atoms with E-state index < -0.39 is 0 Å². The Labute approximate surface area is 139 Å². The Balaban J connectivity index is 1.61. The minimum atomic E-state index is -0.334. The fourth-order valence-electron chi connectivity index (χ4n) is 2.10. The molecule has 0 saturated carbocycles. The lowest BCUT2D eigenvalue weighted by Crippen LogP contribution is -2.11. The number of carbonyl (C=O) groups excluding carboxylic acids is 1. The van der Waals surface area contributed by atoms with Crippen LogP contribution in [0.3, 0.4) is 0 Å². The molecule has 122 valence electrons. The summed E-state index contributed by atoms with van der Waals surface area (Å²) in [5.41, 5.74) is 1.74. The summed E-state index contributed by atoms with van der Waals surface area (Å²) >= 11 is 0. The summed E-state index contributed by atoms with van der Waals surface area (Å²) in [7, 11) is 0. The molecular formula is C18H17N3O3. The van der Waals surface area contributed by atoms with Gasteiger partial charge in [0, 0.05) is 5.69 Å². The number of benzene rings is 1. The fraction of sp³-hybridized carbons (Fsp3) is 0.111. The molecule has 0 aliphatic carbocycles. The molecule has 0 aliphatic heterocycles. The zero-order valence-corrected chi connectivity index (χ0v) is 13.2. The Morgan fingerprint density at radius 3 is 2.54 bits per heavy atom. The van der Waals surface area contributed by atoms with Gasteiger partial charge in [-0.15, -0.1) is 0 Å². The topological polar surface area (TPSA) is 76.4 Å². The summed E-state index contributed by atoms with van der Waals surface area (Å²) in [5, 5.41) is 5.90. The number of hydrogen-bond donors (Lipinski definition) is 2. The van der Waals surface area contributed by atoms with Crippen LogP contribution >= 0.6 is 0 Å². The maximum absolute atomic E-state index is 11.9. The molecule has 2 heterocycles. The molecule has 0 saturated heterocycles. The predicted molar refractivity (Wildman–Crippen MR) is 91.8 cm³/mol. The van der Waals surface area contributed by atoms with Crippen molar-refractivity contribution in [3.05, 3.63) is 66.8 Å². The smallest absolute Gasteiger partial charge is 0.292 e. The van der Waals surface area contributed by atoms with Crippen LogP contribution in [0, 0.1) is 0 Å². The normalized spacial score (nSPS) is 10.2. The van der Waals surface area contributed by atoms with Crippen LogP contribution in [0.4, 0.5) is 17.2 Å². The van der Waals surface area contributed by atoms with Crippen molar-refractivity contribution < 1.29 is 13.9 Å². The second-order valence-corrected chi connectivity index (χ2v) is 4.95. The average Bonchev–Trinajstić information content (AvgIpc) is 3.13. The van der Waals surface area contributed by atoms with Crippen LogP contribution in [-0.2, 0) is 0 Å². The summed E-state index contributed by atoms with van der Waals surface area (Å²) in [6, 6.07) is 14.5. The largest absolute Gasteiger partial charge is 0.494 e. The predicted octanol–water partition coefficient (Wildman–Crippen LogP) is 4.07. The number of rotatable bonds is 6. The molecule has 2 aromatic heterocycles. The van der Waals surface area contributed by atoms with Crippen LogP contribution in [0.15, 0.2) is 65.4 Å². The minimum Gasteiger partial charge on any atom is -0.494 e. The molecule has 0 aliphatic rings.